The van der Waals surface area contributed by atoms with Crippen LogP contribution in [0.15, 0.2) is 24.5 Å². The highest BCUT2D eigenvalue weighted by Gasteiger charge is 2.11. The monoisotopic (exact) mass is 299 g/mol. The van der Waals surface area contributed by atoms with E-state index in [0.717, 1.165) is 5.56 Å². The topological polar surface area (TPSA) is 39.1 Å². The van der Waals surface area contributed by atoms with Crippen LogP contribution < -0.4 is 5.32 Å². The van der Waals surface area contributed by atoms with Crippen molar-refractivity contribution in [3.05, 3.63) is 40.1 Å². The number of imidazole rings is 1. The van der Waals surface area contributed by atoms with Crippen LogP contribution in [-0.4, -0.2) is 23.3 Å². The normalized spacial score (nSPS) is 10.7. The van der Waals surface area contributed by atoms with Crippen LogP contribution in [0.3, 0.4) is 0 Å². The third-order valence-corrected chi connectivity index (χ3v) is 3.57. The minimum Gasteiger partial charge on any atom is -0.383 e. The van der Waals surface area contributed by atoms with Gasteiger partial charge in [0.15, 0.2) is 0 Å². The van der Waals surface area contributed by atoms with Gasteiger partial charge in [0, 0.05) is 26.0 Å². The van der Waals surface area contributed by atoms with Crippen LogP contribution in [0.1, 0.15) is 5.56 Å². The average Bonchev–Trinajstić information content (AvgIpc) is 2.84. The summed E-state index contributed by atoms with van der Waals surface area (Å²) >= 11 is 12.4. The van der Waals surface area contributed by atoms with Crippen LogP contribution in [0.25, 0.3) is 0 Å². The molecule has 0 aliphatic heterocycles. The molecule has 0 amide bonds. The van der Waals surface area contributed by atoms with E-state index in [1.165, 1.54) is 0 Å². The Bertz CT molecular complexity index is 569. The molecule has 0 saturated carbocycles. The molecular formula is C13H15Cl2N3O. The molecule has 0 saturated heterocycles. The molecule has 102 valence electrons. The first-order valence-electron chi connectivity index (χ1n) is 5.85. The van der Waals surface area contributed by atoms with Crippen molar-refractivity contribution in [1.29, 1.82) is 0 Å². The van der Waals surface area contributed by atoms with Gasteiger partial charge in [-0.3, -0.25) is 0 Å². The van der Waals surface area contributed by atoms with E-state index in [9.17, 15) is 0 Å². The lowest BCUT2D eigenvalue weighted by atomic mass is 10.2. The van der Waals surface area contributed by atoms with E-state index in [-0.39, 0.29) is 0 Å². The van der Waals surface area contributed by atoms with E-state index in [4.69, 9.17) is 27.9 Å². The molecule has 6 heteroatoms. The quantitative estimate of drug-likeness (QED) is 0.910. The molecule has 0 aliphatic carbocycles. The third kappa shape index (κ3) is 3.21. The molecule has 19 heavy (non-hydrogen) atoms. The molecule has 0 unspecified atom stereocenters. The Morgan fingerprint density at radius 1 is 1.37 bits per heavy atom. The number of aromatic nitrogens is 2. The highest BCUT2D eigenvalue weighted by atomic mass is 35.5. The van der Waals surface area contributed by atoms with Gasteiger partial charge in [-0.2, -0.15) is 0 Å². The molecule has 1 N–H and O–H groups in total. The number of anilines is 2. The van der Waals surface area contributed by atoms with E-state index in [0.29, 0.717) is 34.8 Å². The maximum Gasteiger partial charge on any atom is 0.207 e. The molecule has 2 aromatic rings. The summed E-state index contributed by atoms with van der Waals surface area (Å²) in [4.78, 5) is 4.26. The van der Waals surface area contributed by atoms with Crippen molar-refractivity contribution >= 4 is 34.8 Å². The second-order valence-electron chi connectivity index (χ2n) is 4.12. The number of methoxy groups -OCH3 is 1. The summed E-state index contributed by atoms with van der Waals surface area (Å²) in [5.41, 5.74) is 1.64. The molecule has 1 aromatic carbocycles. The van der Waals surface area contributed by atoms with Crippen LogP contribution in [0.2, 0.25) is 10.0 Å². The Hall–Kier alpha value is -1.23. The predicted octanol–water partition coefficient (Wildman–Crippen LogP) is 3.89. The zero-order chi connectivity index (χ0) is 13.8. The lowest BCUT2D eigenvalue weighted by Crippen LogP contribution is -2.07. The number of hydrogen-bond donors (Lipinski definition) is 1. The fraction of sp³-hybridized carbons (Fsp3) is 0.308. The summed E-state index contributed by atoms with van der Waals surface area (Å²) in [7, 11) is 1.67. The van der Waals surface area contributed by atoms with Crippen molar-refractivity contribution in [2.24, 2.45) is 0 Å². The van der Waals surface area contributed by atoms with Crippen molar-refractivity contribution in [2.45, 2.75) is 13.5 Å². The van der Waals surface area contributed by atoms with Gasteiger partial charge in [0.1, 0.15) is 0 Å². The molecule has 1 aromatic heterocycles. The van der Waals surface area contributed by atoms with Crippen LogP contribution in [0.5, 0.6) is 0 Å². The van der Waals surface area contributed by atoms with E-state index >= 15 is 0 Å². The van der Waals surface area contributed by atoms with Crippen molar-refractivity contribution in [3.8, 4) is 0 Å². The van der Waals surface area contributed by atoms with Crippen molar-refractivity contribution in [3.63, 3.8) is 0 Å². The predicted molar refractivity (Wildman–Crippen MR) is 78.6 cm³/mol. The molecular weight excluding hydrogens is 285 g/mol. The molecule has 2 rings (SSSR count). The fourth-order valence-electron chi connectivity index (χ4n) is 1.69. The van der Waals surface area contributed by atoms with Gasteiger partial charge in [0.2, 0.25) is 5.95 Å². The number of benzene rings is 1. The van der Waals surface area contributed by atoms with Gasteiger partial charge in [-0.15, -0.1) is 0 Å². The molecule has 0 fully saturated rings. The summed E-state index contributed by atoms with van der Waals surface area (Å²) in [5.74, 6) is 0.687. The Labute approximate surface area is 122 Å². The number of nitrogens with one attached hydrogen (secondary N) is 1. The minimum absolute atomic E-state index is 0.567. The molecule has 0 spiro atoms. The first-order chi connectivity index (χ1) is 9.13. The van der Waals surface area contributed by atoms with E-state index < -0.39 is 0 Å². The summed E-state index contributed by atoms with van der Waals surface area (Å²) in [6, 6.07) is 3.70. The van der Waals surface area contributed by atoms with Gasteiger partial charge < -0.3 is 14.6 Å². The maximum absolute atomic E-state index is 6.26. The SMILES string of the molecule is COCCn1ccnc1Nc1c(Cl)ccc(C)c1Cl. The van der Waals surface area contributed by atoms with Gasteiger partial charge >= 0.3 is 0 Å². The standard InChI is InChI=1S/C13H15Cl2N3O/c1-9-3-4-10(14)12(11(9)15)17-13-16-5-6-18(13)7-8-19-2/h3-6H,7-8H2,1-2H3,(H,16,17). The lowest BCUT2D eigenvalue weighted by Gasteiger charge is -2.13. The average molecular weight is 300 g/mol. The van der Waals surface area contributed by atoms with Gasteiger partial charge in [0.25, 0.3) is 0 Å². The highest BCUT2D eigenvalue weighted by molar-refractivity contribution is 6.39. The van der Waals surface area contributed by atoms with Gasteiger partial charge in [-0.1, -0.05) is 29.3 Å². The van der Waals surface area contributed by atoms with Gasteiger partial charge in [0.05, 0.1) is 22.3 Å². The number of nitrogens with zero attached hydrogens (tertiary/aromatic N) is 2. The highest BCUT2D eigenvalue weighted by Crippen LogP contribution is 2.34. The Morgan fingerprint density at radius 2 is 2.16 bits per heavy atom. The Kier molecular flexibility index (Phi) is 4.69. The van der Waals surface area contributed by atoms with Gasteiger partial charge in [-0.05, 0) is 18.6 Å². The summed E-state index contributed by atoms with van der Waals surface area (Å²) < 4.78 is 7.00. The number of aryl methyl sites for hydroxylation is 1. The van der Waals surface area contributed by atoms with Crippen molar-refractivity contribution in [1.82, 2.24) is 9.55 Å². The zero-order valence-corrected chi connectivity index (χ0v) is 12.3. The lowest BCUT2D eigenvalue weighted by molar-refractivity contribution is 0.188. The smallest absolute Gasteiger partial charge is 0.207 e. The molecule has 0 aliphatic rings. The van der Waals surface area contributed by atoms with Gasteiger partial charge in [-0.25, -0.2) is 4.98 Å². The van der Waals surface area contributed by atoms with Crippen LogP contribution >= 0.6 is 23.2 Å². The number of hydrogen-bond acceptors (Lipinski definition) is 3. The first-order valence-corrected chi connectivity index (χ1v) is 6.60. The number of halogens is 2. The molecule has 0 atom stereocenters. The Balaban J connectivity index is 2.27. The summed E-state index contributed by atoms with van der Waals surface area (Å²) in [6.07, 6.45) is 3.59. The number of ether oxygens (including phenoxy) is 1. The van der Waals surface area contributed by atoms with E-state index in [1.54, 1.807) is 13.3 Å². The molecule has 0 bridgehead atoms. The molecule has 1 heterocycles. The summed E-state index contributed by atoms with van der Waals surface area (Å²) in [6.45, 7) is 3.25. The van der Waals surface area contributed by atoms with Crippen LogP contribution in [0, 0.1) is 6.92 Å². The van der Waals surface area contributed by atoms with Crippen LogP contribution in [0.4, 0.5) is 11.6 Å². The summed E-state index contributed by atoms with van der Waals surface area (Å²) in [5, 5.41) is 4.34. The van der Waals surface area contributed by atoms with Crippen molar-refractivity contribution in [2.75, 3.05) is 19.0 Å². The van der Waals surface area contributed by atoms with E-state index in [2.05, 4.69) is 10.3 Å². The molecule has 0 radical (unpaired) electrons. The van der Waals surface area contributed by atoms with Crippen molar-refractivity contribution < 1.29 is 4.74 Å². The second-order valence-corrected chi connectivity index (χ2v) is 4.90. The van der Waals surface area contributed by atoms with Crippen LogP contribution in [-0.2, 0) is 11.3 Å². The fourth-order valence-corrected chi connectivity index (χ4v) is 2.15. The first kappa shape index (κ1) is 14.2. The largest absolute Gasteiger partial charge is 0.383 e. The minimum atomic E-state index is 0.567. The maximum atomic E-state index is 6.26. The molecule has 4 nitrogen and oxygen atoms in total. The zero-order valence-electron chi connectivity index (χ0n) is 10.8. The Morgan fingerprint density at radius 3 is 2.89 bits per heavy atom. The third-order valence-electron chi connectivity index (χ3n) is 2.77. The van der Waals surface area contributed by atoms with E-state index in [1.807, 2.05) is 29.8 Å². The second kappa shape index (κ2) is 6.28. The number of rotatable bonds is 5.